The zero-order chi connectivity index (χ0) is 20.1. The van der Waals surface area contributed by atoms with Crippen LogP contribution in [0.2, 0.25) is 0 Å². The van der Waals surface area contributed by atoms with Crippen LogP contribution in [-0.2, 0) is 4.79 Å². The highest BCUT2D eigenvalue weighted by Gasteiger charge is 2.12. The highest BCUT2D eigenvalue weighted by Crippen LogP contribution is 2.23. The van der Waals surface area contributed by atoms with Crippen molar-refractivity contribution >= 4 is 29.6 Å². The number of ether oxygens (including phenoxy) is 1. The van der Waals surface area contributed by atoms with E-state index in [1.807, 2.05) is 26.0 Å². The van der Waals surface area contributed by atoms with E-state index in [4.69, 9.17) is 14.9 Å². The van der Waals surface area contributed by atoms with E-state index in [0.29, 0.717) is 0 Å². The Kier molecular flexibility index (Phi) is 5.97. The summed E-state index contributed by atoms with van der Waals surface area (Å²) in [6.07, 6.45) is 2.94. The number of carbonyl (C=O) groups excluding carboxylic acids is 1. The molecule has 0 saturated carbocycles. The molecule has 0 radical (unpaired) electrons. The quantitative estimate of drug-likeness (QED) is 0.673. The second kappa shape index (κ2) is 8.18. The Hall–Kier alpha value is -3.61. The number of carboxylic acids is 2. The van der Waals surface area contributed by atoms with Crippen molar-refractivity contribution in [3.8, 4) is 5.75 Å². The van der Waals surface area contributed by atoms with E-state index >= 15 is 0 Å². The normalized spacial score (nSPS) is 10.6. The van der Waals surface area contributed by atoms with Gasteiger partial charge in [0.25, 0.3) is 0 Å². The Labute approximate surface area is 155 Å². The number of benzene rings is 2. The number of hydrogen-bond acceptors (Lipinski definition) is 4. The molecule has 0 aromatic heterocycles. The van der Waals surface area contributed by atoms with E-state index in [0.717, 1.165) is 28.5 Å². The first-order valence-electron chi connectivity index (χ1n) is 7.97. The lowest BCUT2D eigenvalue weighted by molar-refractivity contribution is -0.111. The van der Waals surface area contributed by atoms with Crippen LogP contribution in [0.15, 0.2) is 36.4 Å². The molecular weight excluding hydrogens is 350 g/mol. The lowest BCUT2D eigenvalue weighted by Crippen LogP contribution is -2.11. The summed E-state index contributed by atoms with van der Waals surface area (Å²) in [5.41, 5.74) is 2.35. The topological polar surface area (TPSA) is 113 Å². The SMILES string of the molecule is COc1cc(C)c(/C=C/C(=O)Nc2cc(C(=O)O)cc(C(=O)O)c2)c(C)c1. The van der Waals surface area contributed by atoms with Gasteiger partial charge in [-0.25, -0.2) is 9.59 Å². The molecule has 0 aliphatic carbocycles. The van der Waals surface area contributed by atoms with Crippen LogP contribution in [0.3, 0.4) is 0 Å². The van der Waals surface area contributed by atoms with Gasteiger partial charge in [-0.1, -0.05) is 0 Å². The van der Waals surface area contributed by atoms with Crippen molar-refractivity contribution in [3.63, 3.8) is 0 Å². The number of carboxylic acid groups (broad SMARTS) is 2. The largest absolute Gasteiger partial charge is 0.497 e. The number of hydrogen-bond donors (Lipinski definition) is 3. The van der Waals surface area contributed by atoms with E-state index in [1.165, 1.54) is 18.2 Å². The molecule has 0 aliphatic rings. The maximum absolute atomic E-state index is 12.2. The molecule has 0 aliphatic heterocycles. The molecule has 0 atom stereocenters. The Bertz CT molecular complexity index is 890. The number of rotatable bonds is 6. The van der Waals surface area contributed by atoms with Crippen LogP contribution in [0.25, 0.3) is 6.08 Å². The summed E-state index contributed by atoms with van der Waals surface area (Å²) in [6.45, 7) is 3.78. The predicted molar refractivity (Wildman–Crippen MR) is 100 cm³/mol. The first kappa shape index (κ1) is 19.7. The first-order chi connectivity index (χ1) is 12.7. The molecule has 0 fully saturated rings. The van der Waals surface area contributed by atoms with Gasteiger partial charge in [-0.2, -0.15) is 0 Å². The van der Waals surface area contributed by atoms with Crippen LogP contribution >= 0.6 is 0 Å². The number of nitrogens with one attached hydrogen (secondary N) is 1. The smallest absolute Gasteiger partial charge is 0.335 e. The molecular formula is C20H19NO6. The molecule has 2 aromatic rings. The molecule has 2 rings (SSSR count). The van der Waals surface area contributed by atoms with Gasteiger partial charge in [-0.3, -0.25) is 4.79 Å². The van der Waals surface area contributed by atoms with Crippen LogP contribution in [0.4, 0.5) is 5.69 Å². The molecule has 7 heteroatoms. The van der Waals surface area contributed by atoms with E-state index in [-0.39, 0.29) is 16.8 Å². The molecule has 3 N–H and O–H groups in total. The second-order valence-electron chi connectivity index (χ2n) is 5.91. The lowest BCUT2D eigenvalue weighted by Gasteiger charge is -2.09. The van der Waals surface area contributed by atoms with Crippen molar-refractivity contribution in [1.82, 2.24) is 0 Å². The fraction of sp³-hybridized carbons (Fsp3) is 0.150. The van der Waals surface area contributed by atoms with Gasteiger partial charge >= 0.3 is 11.9 Å². The van der Waals surface area contributed by atoms with Gasteiger partial charge in [0.2, 0.25) is 5.91 Å². The zero-order valence-electron chi connectivity index (χ0n) is 15.1. The lowest BCUT2D eigenvalue weighted by atomic mass is 10.0. The molecule has 1 amide bonds. The van der Waals surface area contributed by atoms with Crippen LogP contribution < -0.4 is 10.1 Å². The third kappa shape index (κ3) is 4.94. The Morgan fingerprint density at radius 2 is 1.44 bits per heavy atom. The fourth-order valence-corrected chi connectivity index (χ4v) is 2.61. The van der Waals surface area contributed by atoms with E-state index in [1.54, 1.807) is 13.2 Å². The number of anilines is 1. The van der Waals surface area contributed by atoms with Gasteiger partial charge in [0.1, 0.15) is 5.75 Å². The van der Waals surface area contributed by atoms with Crippen LogP contribution in [-0.4, -0.2) is 35.2 Å². The van der Waals surface area contributed by atoms with Crippen LogP contribution in [0.5, 0.6) is 5.75 Å². The molecule has 0 unspecified atom stereocenters. The van der Waals surface area contributed by atoms with E-state index in [2.05, 4.69) is 5.32 Å². The number of carbonyl (C=O) groups is 3. The maximum Gasteiger partial charge on any atom is 0.335 e. The van der Waals surface area contributed by atoms with Crippen molar-refractivity contribution in [1.29, 1.82) is 0 Å². The van der Waals surface area contributed by atoms with Gasteiger partial charge in [0.15, 0.2) is 0 Å². The summed E-state index contributed by atoms with van der Waals surface area (Å²) < 4.78 is 5.20. The van der Waals surface area contributed by atoms with Crippen molar-refractivity contribution in [2.45, 2.75) is 13.8 Å². The third-order valence-corrected chi connectivity index (χ3v) is 3.90. The predicted octanol–water partition coefficient (Wildman–Crippen LogP) is 3.36. The first-order valence-corrected chi connectivity index (χ1v) is 7.97. The molecule has 7 nitrogen and oxygen atoms in total. The molecule has 0 saturated heterocycles. The standard InChI is InChI=1S/C20H19NO6/c1-11-6-16(27-3)7-12(2)17(11)4-5-18(22)21-15-9-13(19(23)24)8-14(10-15)20(25)26/h4-10H,1-3H3,(H,21,22)(H,23,24)(H,25,26)/b5-4+. The van der Waals surface area contributed by atoms with Crippen molar-refractivity contribution in [3.05, 3.63) is 64.2 Å². The van der Waals surface area contributed by atoms with Gasteiger partial charge in [0.05, 0.1) is 18.2 Å². The van der Waals surface area contributed by atoms with Crippen molar-refractivity contribution < 1.29 is 29.3 Å². The third-order valence-electron chi connectivity index (χ3n) is 3.90. The average Bonchev–Trinajstić information content (AvgIpc) is 2.60. The molecule has 0 heterocycles. The highest BCUT2D eigenvalue weighted by atomic mass is 16.5. The Morgan fingerprint density at radius 3 is 1.89 bits per heavy atom. The number of amides is 1. The second-order valence-corrected chi connectivity index (χ2v) is 5.91. The van der Waals surface area contributed by atoms with E-state index < -0.39 is 17.8 Å². The van der Waals surface area contributed by atoms with Gasteiger partial charge in [-0.15, -0.1) is 0 Å². The summed E-state index contributed by atoms with van der Waals surface area (Å²) in [5, 5.41) is 20.6. The van der Waals surface area contributed by atoms with Gasteiger partial charge in [0, 0.05) is 11.8 Å². The molecule has 27 heavy (non-hydrogen) atoms. The monoisotopic (exact) mass is 369 g/mol. The van der Waals surface area contributed by atoms with Gasteiger partial charge in [-0.05, 0) is 66.9 Å². The van der Waals surface area contributed by atoms with Crippen LogP contribution in [0.1, 0.15) is 37.4 Å². The van der Waals surface area contributed by atoms with Crippen molar-refractivity contribution in [2.24, 2.45) is 0 Å². The van der Waals surface area contributed by atoms with E-state index in [9.17, 15) is 14.4 Å². The molecule has 0 bridgehead atoms. The highest BCUT2D eigenvalue weighted by molar-refractivity contribution is 6.04. The number of methoxy groups -OCH3 is 1. The minimum absolute atomic E-state index is 0.0881. The summed E-state index contributed by atoms with van der Waals surface area (Å²) in [4.78, 5) is 34.4. The zero-order valence-corrected chi connectivity index (χ0v) is 15.1. The minimum Gasteiger partial charge on any atom is -0.497 e. The summed E-state index contributed by atoms with van der Waals surface area (Å²) >= 11 is 0. The number of aryl methyl sites for hydroxylation is 2. The Morgan fingerprint density at radius 1 is 0.926 bits per heavy atom. The summed E-state index contributed by atoms with van der Waals surface area (Å²) in [5.74, 6) is -2.36. The summed E-state index contributed by atoms with van der Waals surface area (Å²) in [7, 11) is 1.58. The number of aromatic carboxylic acids is 2. The molecule has 0 spiro atoms. The average molecular weight is 369 g/mol. The molecule has 2 aromatic carbocycles. The minimum atomic E-state index is -1.28. The van der Waals surface area contributed by atoms with Crippen molar-refractivity contribution in [2.75, 3.05) is 12.4 Å². The van der Waals surface area contributed by atoms with Gasteiger partial charge < -0.3 is 20.3 Å². The fourth-order valence-electron chi connectivity index (χ4n) is 2.61. The van der Waals surface area contributed by atoms with Crippen LogP contribution in [0, 0.1) is 13.8 Å². The Balaban J connectivity index is 2.24. The maximum atomic E-state index is 12.2. The molecule has 140 valence electrons. The summed E-state index contributed by atoms with van der Waals surface area (Å²) in [6, 6.07) is 7.12.